The quantitative estimate of drug-likeness (QED) is 0.904. The van der Waals surface area contributed by atoms with E-state index in [-0.39, 0.29) is 0 Å². The molecule has 2 aromatic heterocycles. The van der Waals surface area contributed by atoms with E-state index in [1.807, 2.05) is 20.9 Å². The Morgan fingerprint density at radius 2 is 2.11 bits per heavy atom. The second-order valence-electron chi connectivity index (χ2n) is 4.33. The Balaban J connectivity index is 2.31. The molecule has 0 bridgehead atoms. The highest BCUT2D eigenvalue weighted by molar-refractivity contribution is 5.36. The van der Waals surface area contributed by atoms with Crippen LogP contribution in [0.5, 0.6) is 11.6 Å². The molecule has 5 nitrogen and oxygen atoms in total. The van der Waals surface area contributed by atoms with Crippen LogP contribution in [0.3, 0.4) is 0 Å². The highest BCUT2D eigenvalue weighted by Crippen LogP contribution is 2.27. The maximum Gasteiger partial charge on any atom is 0.219 e. The van der Waals surface area contributed by atoms with Gasteiger partial charge >= 0.3 is 0 Å². The third-order valence-electron chi connectivity index (χ3n) is 2.89. The summed E-state index contributed by atoms with van der Waals surface area (Å²) in [7, 11) is 1.87. The molecule has 1 atom stereocenters. The summed E-state index contributed by atoms with van der Waals surface area (Å²) in [6.07, 6.45) is 1.09. The predicted molar refractivity (Wildman–Crippen MR) is 67.6 cm³/mol. The molecule has 0 unspecified atom stereocenters. The monoisotopic (exact) mass is 247 g/mol. The second-order valence-corrected chi connectivity index (χ2v) is 4.33. The molecule has 2 heterocycles. The van der Waals surface area contributed by atoms with Crippen LogP contribution < -0.4 is 4.74 Å². The van der Waals surface area contributed by atoms with Crippen LogP contribution in [-0.2, 0) is 7.05 Å². The van der Waals surface area contributed by atoms with E-state index < -0.39 is 6.10 Å². The molecule has 0 saturated heterocycles. The van der Waals surface area contributed by atoms with E-state index in [0.717, 1.165) is 17.0 Å². The predicted octanol–water partition coefficient (Wildman–Crippen LogP) is 2.28. The summed E-state index contributed by atoms with van der Waals surface area (Å²) >= 11 is 0. The van der Waals surface area contributed by atoms with Crippen molar-refractivity contribution in [3.8, 4) is 11.6 Å². The summed E-state index contributed by atoms with van der Waals surface area (Å²) in [6.45, 7) is 5.54. The lowest BCUT2D eigenvalue weighted by molar-refractivity contribution is 0.198. The average Bonchev–Trinajstić information content (AvgIpc) is 2.56. The molecular weight excluding hydrogens is 230 g/mol. The summed E-state index contributed by atoms with van der Waals surface area (Å²) in [6, 6.07) is 3.50. The molecule has 0 aromatic carbocycles. The first-order valence-electron chi connectivity index (χ1n) is 5.81. The normalized spacial score (nSPS) is 12.5. The number of pyridine rings is 1. The van der Waals surface area contributed by atoms with E-state index in [9.17, 15) is 5.11 Å². The molecule has 0 spiro atoms. The molecule has 0 aliphatic heterocycles. The Labute approximate surface area is 106 Å². The lowest BCUT2D eigenvalue weighted by Gasteiger charge is -2.08. The zero-order valence-corrected chi connectivity index (χ0v) is 11.0. The molecule has 0 aliphatic rings. The molecule has 1 N–H and O–H groups in total. The van der Waals surface area contributed by atoms with Crippen LogP contribution in [-0.4, -0.2) is 19.9 Å². The fourth-order valence-electron chi connectivity index (χ4n) is 1.75. The van der Waals surface area contributed by atoms with Crippen molar-refractivity contribution in [3.63, 3.8) is 0 Å². The molecule has 0 fully saturated rings. The van der Waals surface area contributed by atoms with Crippen molar-refractivity contribution in [2.24, 2.45) is 7.05 Å². The number of hydrogen-bond donors (Lipinski definition) is 1. The van der Waals surface area contributed by atoms with Gasteiger partial charge in [-0.15, -0.1) is 0 Å². The maximum atomic E-state index is 9.53. The van der Waals surface area contributed by atoms with Gasteiger partial charge in [0.2, 0.25) is 5.88 Å². The van der Waals surface area contributed by atoms with Crippen LogP contribution in [0.4, 0.5) is 0 Å². The van der Waals surface area contributed by atoms with Crippen molar-refractivity contribution in [2.45, 2.75) is 26.9 Å². The molecular formula is C13H17N3O2. The molecule has 0 amide bonds. The number of aryl methyl sites for hydroxylation is 2. The van der Waals surface area contributed by atoms with E-state index in [2.05, 4.69) is 10.1 Å². The lowest BCUT2D eigenvalue weighted by Crippen LogP contribution is -1.96. The Kier molecular flexibility index (Phi) is 3.34. The van der Waals surface area contributed by atoms with Gasteiger partial charge in [0.15, 0.2) is 5.75 Å². The summed E-state index contributed by atoms with van der Waals surface area (Å²) in [5.41, 5.74) is 2.54. The van der Waals surface area contributed by atoms with Gasteiger partial charge < -0.3 is 9.84 Å². The van der Waals surface area contributed by atoms with Gasteiger partial charge in [-0.2, -0.15) is 5.10 Å². The van der Waals surface area contributed by atoms with Gasteiger partial charge in [0.25, 0.3) is 0 Å². The van der Waals surface area contributed by atoms with Crippen molar-refractivity contribution in [1.82, 2.24) is 14.8 Å². The number of ether oxygens (including phenoxy) is 1. The largest absolute Gasteiger partial charge is 0.435 e. The number of aromatic nitrogens is 3. The highest BCUT2D eigenvalue weighted by atomic mass is 16.5. The van der Waals surface area contributed by atoms with Crippen molar-refractivity contribution >= 4 is 0 Å². The van der Waals surface area contributed by atoms with Gasteiger partial charge in [-0.3, -0.25) is 4.68 Å². The fraction of sp³-hybridized carbons (Fsp3) is 0.385. The van der Waals surface area contributed by atoms with Gasteiger partial charge in [-0.1, -0.05) is 0 Å². The van der Waals surface area contributed by atoms with E-state index in [1.165, 1.54) is 0 Å². The Hall–Kier alpha value is -1.88. The van der Waals surface area contributed by atoms with Crippen molar-refractivity contribution < 1.29 is 9.84 Å². The Bertz CT molecular complexity index is 561. The van der Waals surface area contributed by atoms with E-state index >= 15 is 0 Å². The fourth-order valence-corrected chi connectivity index (χ4v) is 1.75. The van der Waals surface area contributed by atoms with Crippen LogP contribution in [0.1, 0.15) is 30.0 Å². The standard InChI is InChI=1S/C13H17N3O2/c1-8-13(9(2)16(4)15-8)18-12-7-11(10(3)17)5-6-14-12/h5-7,10,17H,1-4H3/t10-/m0/s1. The van der Waals surface area contributed by atoms with Crippen LogP contribution >= 0.6 is 0 Å². The molecule has 96 valence electrons. The Morgan fingerprint density at radius 3 is 2.67 bits per heavy atom. The van der Waals surface area contributed by atoms with Crippen molar-refractivity contribution in [3.05, 3.63) is 35.3 Å². The number of aliphatic hydroxyl groups is 1. The van der Waals surface area contributed by atoms with E-state index in [0.29, 0.717) is 11.6 Å². The minimum absolute atomic E-state index is 0.465. The number of nitrogens with zero attached hydrogens (tertiary/aromatic N) is 3. The molecule has 2 rings (SSSR count). The first-order valence-corrected chi connectivity index (χ1v) is 5.81. The topological polar surface area (TPSA) is 60.2 Å². The van der Waals surface area contributed by atoms with E-state index in [4.69, 9.17) is 4.74 Å². The molecule has 18 heavy (non-hydrogen) atoms. The third-order valence-corrected chi connectivity index (χ3v) is 2.89. The van der Waals surface area contributed by atoms with Gasteiger partial charge in [-0.25, -0.2) is 4.98 Å². The van der Waals surface area contributed by atoms with Gasteiger partial charge in [0.1, 0.15) is 5.69 Å². The molecule has 0 saturated carbocycles. The number of hydrogen-bond acceptors (Lipinski definition) is 4. The summed E-state index contributed by atoms with van der Waals surface area (Å²) in [4.78, 5) is 4.14. The number of aliphatic hydroxyl groups excluding tert-OH is 1. The minimum Gasteiger partial charge on any atom is -0.435 e. The zero-order valence-electron chi connectivity index (χ0n) is 11.0. The minimum atomic E-state index is -0.536. The smallest absolute Gasteiger partial charge is 0.219 e. The van der Waals surface area contributed by atoms with Crippen LogP contribution in [0.2, 0.25) is 0 Å². The summed E-state index contributed by atoms with van der Waals surface area (Å²) in [5, 5.41) is 13.8. The molecule has 2 aromatic rings. The maximum absolute atomic E-state index is 9.53. The molecule has 0 aliphatic carbocycles. The lowest BCUT2D eigenvalue weighted by atomic mass is 10.2. The van der Waals surface area contributed by atoms with Crippen molar-refractivity contribution in [1.29, 1.82) is 0 Å². The van der Waals surface area contributed by atoms with Crippen LogP contribution in [0.15, 0.2) is 18.3 Å². The third kappa shape index (κ3) is 2.36. The second kappa shape index (κ2) is 4.78. The first-order chi connectivity index (χ1) is 8.49. The van der Waals surface area contributed by atoms with E-state index in [1.54, 1.807) is 29.9 Å². The van der Waals surface area contributed by atoms with Crippen LogP contribution in [0.25, 0.3) is 0 Å². The highest BCUT2D eigenvalue weighted by Gasteiger charge is 2.13. The average molecular weight is 247 g/mol. The summed E-state index contributed by atoms with van der Waals surface area (Å²) < 4.78 is 7.51. The molecule has 0 radical (unpaired) electrons. The van der Waals surface area contributed by atoms with Gasteiger partial charge in [0, 0.05) is 19.3 Å². The summed E-state index contributed by atoms with van der Waals surface area (Å²) in [5.74, 6) is 1.18. The van der Waals surface area contributed by atoms with Crippen LogP contribution in [0, 0.1) is 13.8 Å². The van der Waals surface area contributed by atoms with Gasteiger partial charge in [-0.05, 0) is 32.4 Å². The first kappa shape index (κ1) is 12.6. The Morgan fingerprint density at radius 1 is 1.39 bits per heavy atom. The molecule has 5 heteroatoms. The zero-order chi connectivity index (χ0) is 13.3. The SMILES string of the molecule is Cc1nn(C)c(C)c1Oc1cc([C@H](C)O)ccn1. The van der Waals surface area contributed by atoms with Gasteiger partial charge in [0.05, 0.1) is 11.8 Å². The van der Waals surface area contributed by atoms with Crippen molar-refractivity contribution in [2.75, 3.05) is 0 Å². The number of rotatable bonds is 3.